The van der Waals surface area contributed by atoms with Crippen LogP contribution in [0.25, 0.3) is 0 Å². The van der Waals surface area contributed by atoms with Gasteiger partial charge in [0.25, 0.3) is 0 Å². The van der Waals surface area contributed by atoms with E-state index in [0.717, 1.165) is 40.5 Å². The molecule has 0 radical (unpaired) electrons. The van der Waals surface area contributed by atoms with E-state index in [1.54, 1.807) is 0 Å². The molecule has 0 amide bonds. The molecule has 1 aliphatic carbocycles. The molecule has 19 heavy (non-hydrogen) atoms. The van der Waals surface area contributed by atoms with Crippen LogP contribution >= 0.6 is 15.9 Å². The number of hydrogen-bond acceptors (Lipinski definition) is 2. The maximum Gasteiger partial charge on any atom is 0.124 e. The monoisotopic (exact) mass is 325 g/mol. The third-order valence-electron chi connectivity index (χ3n) is 3.89. The van der Waals surface area contributed by atoms with Gasteiger partial charge in [-0.3, -0.25) is 0 Å². The number of rotatable bonds is 3. The highest BCUT2D eigenvalue weighted by Crippen LogP contribution is 2.34. The van der Waals surface area contributed by atoms with Gasteiger partial charge in [0, 0.05) is 16.1 Å². The van der Waals surface area contributed by atoms with Gasteiger partial charge in [0.2, 0.25) is 0 Å². The van der Waals surface area contributed by atoms with Crippen molar-refractivity contribution in [3.05, 3.63) is 28.2 Å². The van der Waals surface area contributed by atoms with E-state index >= 15 is 0 Å². The van der Waals surface area contributed by atoms with Gasteiger partial charge in [-0.25, -0.2) is 0 Å². The molecule has 1 saturated carbocycles. The minimum Gasteiger partial charge on any atom is -0.490 e. The Balaban J connectivity index is 2.14. The fourth-order valence-corrected chi connectivity index (χ4v) is 3.51. The minimum absolute atomic E-state index is 0.00839. The van der Waals surface area contributed by atoms with E-state index in [0.29, 0.717) is 6.10 Å². The lowest BCUT2D eigenvalue weighted by atomic mass is 9.82. The predicted molar refractivity (Wildman–Crippen MR) is 83.3 cm³/mol. The second kappa shape index (κ2) is 6.27. The molecule has 1 fully saturated rings. The van der Waals surface area contributed by atoms with E-state index in [-0.39, 0.29) is 6.04 Å². The molecule has 2 N–H and O–H groups in total. The molecular formula is C16H24BrNO. The molecule has 2 unspecified atom stereocenters. The van der Waals surface area contributed by atoms with Crippen molar-refractivity contribution in [3.8, 4) is 5.75 Å². The second-order valence-corrected chi connectivity index (χ2v) is 7.04. The van der Waals surface area contributed by atoms with Gasteiger partial charge in [0.05, 0.1) is 6.10 Å². The summed E-state index contributed by atoms with van der Waals surface area (Å²) in [5.41, 5.74) is 7.13. The zero-order valence-corrected chi connectivity index (χ0v) is 13.6. The Labute approximate surface area is 124 Å². The molecule has 1 aromatic rings. The molecule has 2 rings (SSSR count). The van der Waals surface area contributed by atoms with Gasteiger partial charge in [0.15, 0.2) is 0 Å². The molecule has 0 bridgehead atoms. The zero-order valence-electron chi connectivity index (χ0n) is 12.0. The van der Waals surface area contributed by atoms with Crippen LogP contribution in [-0.4, -0.2) is 6.10 Å². The Morgan fingerprint density at radius 2 is 1.84 bits per heavy atom. The van der Waals surface area contributed by atoms with Crippen molar-refractivity contribution in [3.63, 3.8) is 0 Å². The van der Waals surface area contributed by atoms with Crippen molar-refractivity contribution in [2.75, 3.05) is 0 Å². The SMILES string of the molecule is CC1CC(C)CC(Oc2ccc(Br)cc2[C@H](C)N)C1. The molecule has 3 heteroatoms. The normalized spacial score (nSPS) is 29.0. The molecule has 0 spiro atoms. The van der Waals surface area contributed by atoms with Crippen molar-refractivity contribution in [2.24, 2.45) is 17.6 Å². The van der Waals surface area contributed by atoms with Crippen LogP contribution in [0.3, 0.4) is 0 Å². The van der Waals surface area contributed by atoms with Crippen LogP contribution in [0.1, 0.15) is 51.6 Å². The maximum atomic E-state index is 6.24. The number of ether oxygens (including phenoxy) is 1. The third kappa shape index (κ3) is 3.96. The minimum atomic E-state index is -0.00839. The number of hydrogen-bond donors (Lipinski definition) is 1. The van der Waals surface area contributed by atoms with Crippen molar-refractivity contribution >= 4 is 15.9 Å². The Morgan fingerprint density at radius 3 is 2.42 bits per heavy atom. The van der Waals surface area contributed by atoms with Gasteiger partial charge in [-0.2, -0.15) is 0 Å². The fourth-order valence-electron chi connectivity index (χ4n) is 3.13. The summed E-state index contributed by atoms with van der Waals surface area (Å²) in [5.74, 6) is 2.45. The van der Waals surface area contributed by atoms with E-state index in [9.17, 15) is 0 Å². The van der Waals surface area contributed by atoms with E-state index < -0.39 is 0 Å². The zero-order chi connectivity index (χ0) is 14.0. The first kappa shape index (κ1) is 14.9. The number of benzene rings is 1. The van der Waals surface area contributed by atoms with Crippen LogP contribution in [0.15, 0.2) is 22.7 Å². The summed E-state index contributed by atoms with van der Waals surface area (Å²) in [6.45, 7) is 6.64. The number of halogens is 1. The summed E-state index contributed by atoms with van der Waals surface area (Å²) in [5, 5.41) is 0. The molecule has 0 aromatic heterocycles. The van der Waals surface area contributed by atoms with E-state index in [2.05, 4.69) is 35.8 Å². The first-order valence-corrected chi connectivity index (χ1v) is 7.96. The van der Waals surface area contributed by atoms with Crippen LogP contribution in [0.2, 0.25) is 0 Å². The average molecular weight is 326 g/mol. The van der Waals surface area contributed by atoms with Crippen molar-refractivity contribution in [2.45, 2.75) is 52.2 Å². The molecule has 0 saturated heterocycles. The lowest BCUT2D eigenvalue weighted by Crippen LogP contribution is -2.29. The first-order valence-electron chi connectivity index (χ1n) is 7.17. The molecule has 2 nitrogen and oxygen atoms in total. The van der Waals surface area contributed by atoms with Crippen molar-refractivity contribution in [1.29, 1.82) is 0 Å². The van der Waals surface area contributed by atoms with Crippen molar-refractivity contribution in [1.82, 2.24) is 0 Å². The molecule has 3 atom stereocenters. The Kier molecular flexibility index (Phi) is 4.91. The molecule has 0 heterocycles. The van der Waals surface area contributed by atoms with Crippen LogP contribution in [-0.2, 0) is 0 Å². The highest BCUT2D eigenvalue weighted by Gasteiger charge is 2.26. The summed E-state index contributed by atoms with van der Waals surface area (Å²) < 4.78 is 7.30. The predicted octanol–water partition coefficient (Wildman–Crippen LogP) is 4.67. The van der Waals surface area contributed by atoms with Crippen LogP contribution in [0.4, 0.5) is 0 Å². The fraction of sp³-hybridized carbons (Fsp3) is 0.625. The van der Waals surface area contributed by atoms with Crippen LogP contribution < -0.4 is 10.5 Å². The quantitative estimate of drug-likeness (QED) is 0.876. The van der Waals surface area contributed by atoms with E-state index in [1.807, 2.05) is 19.1 Å². The van der Waals surface area contributed by atoms with Gasteiger partial charge < -0.3 is 10.5 Å². The van der Waals surface area contributed by atoms with Gasteiger partial charge in [-0.1, -0.05) is 29.8 Å². The summed E-state index contributed by atoms with van der Waals surface area (Å²) in [6.07, 6.45) is 3.95. The van der Waals surface area contributed by atoms with E-state index in [4.69, 9.17) is 10.5 Å². The third-order valence-corrected chi connectivity index (χ3v) is 4.38. The average Bonchev–Trinajstić information content (AvgIpc) is 2.30. The largest absolute Gasteiger partial charge is 0.490 e. The topological polar surface area (TPSA) is 35.2 Å². The maximum absolute atomic E-state index is 6.24. The Morgan fingerprint density at radius 1 is 1.21 bits per heavy atom. The summed E-state index contributed by atoms with van der Waals surface area (Å²) in [7, 11) is 0. The van der Waals surface area contributed by atoms with Gasteiger partial charge in [0.1, 0.15) is 5.75 Å². The van der Waals surface area contributed by atoms with Crippen LogP contribution in [0.5, 0.6) is 5.75 Å². The van der Waals surface area contributed by atoms with Gasteiger partial charge in [-0.15, -0.1) is 0 Å². The highest BCUT2D eigenvalue weighted by molar-refractivity contribution is 9.10. The standard InChI is InChI=1S/C16H24BrNO/c1-10-6-11(2)8-14(7-10)19-16-5-4-13(17)9-15(16)12(3)18/h4-5,9-12,14H,6-8,18H2,1-3H3/t10?,11?,12-,14?/m0/s1. The molecular weight excluding hydrogens is 302 g/mol. The van der Waals surface area contributed by atoms with E-state index in [1.165, 1.54) is 6.42 Å². The van der Waals surface area contributed by atoms with Gasteiger partial charge >= 0.3 is 0 Å². The molecule has 0 aliphatic heterocycles. The molecule has 106 valence electrons. The first-order chi connectivity index (χ1) is 8.95. The Bertz CT molecular complexity index is 423. The molecule has 1 aromatic carbocycles. The number of nitrogens with two attached hydrogens (primary N) is 1. The lowest BCUT2D eigenvalue weighted by molar-refractivity contribution is 0.0998. The second-order valence-electron chi connectivity index (χ2n) is 6.13. The summed E-state index contributed by atoms with van der Waals surface area (Å²) >= 11 is 3.50. The summed E-state index contributed by atoms with van der Waals surface area (Å²) in [4.78, 5) is 0. The van der Waals surface area contributed by atoms with Crippen molar-refractivity contribution < 1.29 is 4.74 Å². The van der Waals surface area contributed by atoms with Gasteiger partial charge in [-0.05, 0) is 56.2 Å². The highest BCUT2D eigenvalue weighted by atomic mass is 79.9. The summed E-state index contributed by atoms with van der Waals surface area (Å²) in [6, 6.07) is 6.12. The molecule has 1 aliphatic rings. The Hall–Kier alpha value is -0.540. The van der Waals surface area contributed by atoms with Crippen LogP contribution in [0, 0.1) is 11.8 Å². The lowest BCUT2D eigenvalue weighted by Gasteiger charge is -2.32. The smallest absolute Gasteiger partial charge is 0.124 e.